The molecule has 1 N–H and O–H groups in total. The van der Waals surface area contributed by atoms with E-state index in [2.05, 4.69) is 21.9 Å². The molecule has 0 unspecified atom stereocenters. The fourth-order valence-electron chi connectivity index (χ4n) is 2.06. The van der Waals surface area contributed by atoms with Crippen LogP contribution in [-0.4, -0.2) is 15.0 Å². The first-order valence-electron chi connectivity index (χ1n) is 6.82. The van der Waals surface area contributed by atoms with Crippen molar-refractivity contribution in [2.24, 2.45) is 0 Å². The Balaban J connectivity index is 1.80. The first-order valence-corrected chi connectivity index (χ1v) is 6.82. The van der Waals surface area contributed by atoms with Gasteiger partial charge in [0.1, 0.15) is 18.2 Å². The zero-order chi connectivity index (χ0) is 14.7. The Bertz CT molecular complexity index is 810. The maximum atomic E-state index is 11.9. The van der Waals surface area contributed by atoms with E-state index in [1.165, 1.54) is 5.56 Å². The van der Waals surface area contributed by atoms with Crippen molar-refractivity contribution in [3.05, 3.63) is 64.3 Å². The molecule has 1 aromatic carbocycles. The summed E-state index contributed by atoms with van der Waals surface area (Å²) in [5, 5.41) is 0.480. The maximum Gasteiger partial charge on any atom is 0.260 e. The average molecular weight is 281 g/mol. The van der Waals surface area contributed by atoms with Crippen molar-refractivity contribution in [2.45, 2.75) is 20.0 Å². The molecule has 0 saturated carbocycles. The normalized spacial score (nSPS) is 10.7. The second kappa shape index (κ2) is 5.75. The average Bonchev–Trinajstić information content (AvgIpc) is 2.53. The molecule has 5 nitrogen and oxygen atoms in total. The zero-order valence-corrected chi connectivity index (χ0v) is 11.7. The van der Waals surface area contributed by atoms with Crippen LogP contribution in [-0.2, 0) is 13.0 Å². The number of hydrogen-bond acceptors (Lipinski definition) is 4. The van der Waals surface area contributed by atoms with Crippen LogP contribution in [0.2, 0.25) is 0 Å². The predicted octanol–water partition coefficient (Wildman–Crippen LogP) is 2.46. The van der Waals surface area contributed by atoms with E-state index in [-0.39, 0.29) is 12.2 Å². The number of hydrogen-bond donors (Lipinski definition) is 1. The van der Waals surface area contributed by atoms with Crippen molar-refractivity contribution in [3.63, 3.8) is 0 Å². The summed E-state index contributed by atoms with van der Waals surface area (Å²) < 4.78 is 5.64. The van der Waals surface area contributed by atoms with E-state index in [1.807, 2.05) is 24.3 Å². The molecule has 21 heavy (non-hydrogen) atoms. The Hall–Kier alpha value is -2.69. The molecule has 0 fully saturated rings. The van der Waals surface area contributed by atoms with Gasteiger partial charge in [-0.3, -0.25) is 4.79 Å². The number of ether oxygens (including phenoxy) is 1. The van der Waals surface area contributed by atoms with Crippen molar-refractivity contribution >= 4 is 11.0 Å². The highest BCUT2D eigenvalue weighted by atomic mass is 16.5. The number of nitrogens with one attached hydrogen (secondary N) is 1. The summed E-state index contributed by atoms with van der Waals surface area (Å²) in [6, 6.07) is 11.3. The van der Waals surface area contributed by atoms with Gasteiger partial charge in [0.2, 0.25) is 0 Å². The topological polar surface area (TPSA) is 67.9 Å². The number of nitrogens with zero attached hydrogens (tertiary/aromatic N) is 2. The number of benzene rings is 1. The van der Waals surface area contributed by atoms with Crippen LogP contribution < -0.4 is 10.3 Å². The smallest absolute Gasteiger partial charge is 0.260 e. The van der Waals surface area contributed by atoms with Crippen LogP contribution in [0.5, 0.6) is 5.75 Å². The number of H-pyrrole nitrogens is 1. The number of pyridine rings is 1. The molecule has 0 aliphatic heterocycles. The van der Waals surface area contributed by atoms with Crippen LogP contribution in [0.1, 0.15) is 18.3 Å². The van der Waals surface area contributed by atoms with Crippen molar-refractivity contribution < 1.29 is 4.74 Å². The van der Waals surface area contributed by atoms with Crippen LogP contribution >= 0.6 is 0 Å². The third kappa shape index (κ3) is 2.91. The largest absolute Gasteiger partial charge is 0.486 e. The monoisotopic (exact) mass is 281 g/mol. The summed E-state index contributed by atoms with van der Waals surface area (Å²) in [7, 11) is 0. The van der Waals surface area contributed by atoms with Crippen molar-refractivity contribution in [2.75, 3.05) is 0 Å². The Morgan fingerprint density at radius 2 is 2.00 bits per heavy atom. The molecule has 3 rings (SSSR count). The second-order valence-corrected chi connectivity index (χ2v) is 4.67. The van der Waals surface area contributed by atoms with Crippen LogP contribution in [0.15, 0.2) is 47.4 Å². The van der Waals surface area contributed by atoms with Gasteiger partial charge in [-0.15, -0.1) is 0 Å². The first kappa shape index (κ1) is 13.3. The highest BCUT2D eigenvalue weighted by Gasteiger charge is 2.05. The number of aromatic amines is 1. The summed E-state index contributed by atoms with van der Waals surface area (Å²) in [5.74, 6) is 1.21. The summed E-state index contributed by atoms with van der Waals surface area (Å²) >= 11 is 0. The highest BCUT2D eigenvalue weighted by molar-refractivity contribution is 5.72. The molecular weight excluding hydrogens is 266 g/mol. The predicted molar refractivity (Wildman–Crippen MR) is 80.3 cm³/mol. The van der Waals surface area contributed by atoms with Crippen molar-refractivity contribution in [3.8, 4) is 5.75 Å². The lowest BCUT2D eigenvalue weighted by Gasteiger charge is -2.06. The molecule has 0 radical (unpaired) electrons. The fourth-order valence-corrected chi connectivity index (χ4v) is 2.06. The van der Waals surface area contributed by atoms with E-state index in [0.717, 1.165) is 12.2 Å². The standard InChI is InChI=1S/C16H15N3O2/c1-2-11-5-7-12(8-6-11)21-10-14-18-15-13(16(20)19-14)4-3-9-17-15/h3-9H,2,10H2,1H3,(H,17,18,19,20). The van der Waals surface area contributed by atoms with Crippen LogP contribution in [0.3, 0.4) is 0 Å². The molecule has 0 saturated heterocycles. The SMILES string of the molecule is CCc1ccc(OCc2nc3ncccc3c(=O)[nH]2)cc1. The van der Waals surface area contributed by atoms with Crippen molar-refractivity contribution in [1.82, 2.24) is 15.0 Å². The number of aromatic nitrogens is 3. The number of rotatable bonds is 4. The molecule has 2 heterocycles. The van der Waals surface area contributed by atoms with E-state index >= 15 is 0 Å². The second-order valence-electron chi connectivity index (χ2n) is 4.67. The van der Waals surface area contributed by atoms with Crippen LogP contribution in [0.4, 0.5) is 0 Å². The van der Waals surface area contributed by atoms with E-state index < -0.39 is 0 Å². The van der Waals surface area contributed by atoms with Gasteiger partial charge in [-0.05, 0) is 36.2 Å². The highest BCUT2D eigenvalue weighted by Crippen LogP contribution is 2.13. The van der Waals surface area contributed by atoms with E-state index in [1.54, 1.807) is 18.3 Å². The van der Waals surface area contributed by atoms with E-state index in [9.17, 15) is 4.79 Å². The molecule has 0 amide bonds. The van der Waals surface area contributed by atoms with Gasteiger partial charge in [0.25, 0.3) is 5.56 Å². The first-order chi connectivity index (χ1) is 10.3. The van der Waals surface area contributed by atoms with E-state index in [0.29, 0.717) is 16.9 Å². The molecule has 0 aliphatic carbocycles. The molecule has 0 atom stereocenters. The molecule has 0 bridgehead atoms. The fraction of sp³-hybridized carbons (Fsp3) is 0.188. The Kier molecular flexibility index (Phi) is 3.64. The van der Waals surface area contributed by atoms with Gasteiger partial charge in [0, 0.05) is 6.20 Å². The lowest BCUT2D eigenvalue weighted by molar-refractivity contribution is 0.296. The van der Waals surface area contributed by atoms with Gasteiger partial charge in [0.05, 0.1) is 5.39 Å². The van der Waals surface area contributed by atoms with Gasteiger partial charge in [-0.2, -0.15) is 0 Å². The van der Waals surface area contributed by atoms with Gasteiger partial charge < -0.3 is 9.72 Å². The molecule has 5 heteroatoms. The third-order valence-corrected chi connectivity index (χ3v) is 3.24. The lowest BCUT2D eigenvalue weighted by atomic mass is 10.2. The molecule has 106 valence electrons. The minimum atomic E-state index is -0.201. The third-order valence-electron chi connectivity index (χ3n) is 3.24. The van der Waals surface area contributed by atoms with Crippen LogP contribution in [0, 0.1) is 0 Å². The van der Waals surface area contributed by atoms with Gasteiger partial charge in [-0.1, -0.05) is 19.1 Å². The molecule has 0 aliphatic rings. The summed E-state index contributed by atoms with van der Waals surface area (Å²) in [6.07, 6.45) is 2.61. The summed E-state index contributed by atoms with van der Waals surface area (Å²) in [6.45, 7) is 2.31. The zero-order valence-electron chi connectivity index (χ0n) is 11.7. The molecule has 3 aromatic rings. The van der Waals surface area contributed by atoms with Crippen LogP contribution in [0.25, 0.3) is 11.0 Å². The van der Waals surface area contributed by atoms with Gasteiger partial charge in [0.15, 0.2) is 5.65 Å². The maximum absolute atomic E-state index is 11.9. The molecule has 0 spiro atoms. The number of aryl methyl sites for hydroxylation is 1. The summed E-state index contributed by atoms with van der Waals surface area (Å²) in [5.41, 5.74) is 1.48. The molecule has 2 aromatic heterocycles. The quantitative estimate of drug-likeness (QED) is 0.797. The minimum Gasteiger partial charge on any atom is -0.486 e. The van der Waals surface area contributed by atoms with E-state index in [4.69, 9.17) is 4.74 Å². The summed E-state index contributed by atoms with van der Waals surface area (Å²) in [4.78, 5) is 23.0. The van der Waals surface area contributed by atoms with Gasteiger partial charge in [-0.25, -0.2) is 9.97 Å². The van der Waals surface area contributed by atoms with Gasteiger partial charge >= 0.3 is 0 Å². The lowest BCUT2D eigenvalue weighted by Crippen LogP contribution is -2.14. The Morgan fingerprint density at radius 1 is 1.19 bits per heavy atom. The Labute approximate surface area is 121 Å². The number of fused-ring (bicyclic) bond motifs is 1. The molecular formula is C16H15N3O2. The Morgan fingerprint density at radius 3 is 2.76 bits per heavy atom. The van der Waals surface area contributed by atoms with Crippen molar-refractivity contribution in [1.29, 1.82) is 0 Å². The minimum absolute atomic E-state index is 0.201.